The Morgan fingerprint density at radius 1 is 1.59 bits per heavy atom. The Balaban J connectivity index is 2.15. The minimum atomic E-state index is -0.796. The number of carboxylic acid groups (broad SMARTS) is 1. The summed E-state index contributed by atoms with van der Waals surface area (Å²) in [5.74, 6) is -1.11. The maximum Gasteiger partial charge on any atom is 0.320 e. The fraction of sp³-hybridized carbons (Fsp3) is 0.417. The van der Waals surface area contributed by atoms with Crippen LogP contribution in [0, 0.1) is 5.82 Å². The van der Waals surface area contributed by atoms with Crippen LogP contribution >= 0.6 is 15.9 Å². The molecule has 0 bridgehead atoms. The third kappa shape index (κ3) is 2.66. The molecule has 1 atom stereocenters. The summed E-state index contributed by atoms with van der Waals surface area (Å²) in [4.78, 5) is 12.9. The average molecular weight is 302 g/mol. The molecule has 3 nitrogen and oxygen atoms in total. The molecule has 5 heteroatoms. The third-order valence-corrected chi connectivity index (χ3v) is 3.94. The number of aliphatic carboxylic acids is 1. The second-order valence-corrected chi connectivity index (χ2v) is 4.97. The minimum Gasteiger partial charge on any atom is -0.480 e. The zero-order chi connectivity index (χ0) is 12.4. The summed E-state index contributed by atoms with van der Waals surface area (Å²) in [5.41, 5.74) is 0.790. The average Bonchev–Trinajstić information content (AvgIpc) is 2.73. The van der Waals surface area contributed by atoms with Crippen LogP contribution < -0.4 is 0 Å². The Morgan fingerprint density at radius 2 is 2.35 bits per heavy atom. The molecule has 0 aromatic heterocycles. The van der Waals surface area contributed by atoms with Gasteiger partial charge in [-0.3, -0.25) is 9.69 Å². The number of rotatable bonds is 3. The van der Waals surface area contributed by atoms with Crippen molar-refractivity contribution < 1.29 is 14.3 Å². The molecule has 2 rings (SSSR count). The Hall–Kier alpha value is -0.940. The van der Waals surface area contributed by atoms with Gasteiger partial charge in [0.15, 0.2) is 0 Å². The second-order valence-electron chi connectivity index (χ2n) is 4.18. The van der Waals surface area contributed by atoms with Crippen molar-refractivity contribution in [2.24, 2.45) is 0 Å². The van der Waals surface area contributed by atoms with Crippen LogP contribution in [0.4, 0.5) is 4.39 Å². The first-order valence-corrected chi connectivity index (χ1v) is 6.28. The summed E-state index contributed by atoms with van der Waals surface area (Å²) in [6.45, 7) is 1.22. The summed E-state index contributed by atoms with van der Waals surface area (Å²) in [6, 6.07) is 4.39. The van der Waals surface area contributed by atoms with Crippen LogP contribution in [0.1, 0.15) is 18.4 Å². The lowest BCUT2D eigenvalue weighted by Gasteiger charge is -2.21. The number of hydrogen-bond acceptors (Lipinski definition) is 2. The van der Waals surface area contributed by atoms with Crippen LogP contribution in [0.15, 0.2) is 22.7 Å². The molecule has 1 aliphatic rings. The van der Waals surface area contributed by atoms with Gasteiger partial charge in [-0.15, -0.1) is 0 Å². The van der Waals surface area contributed by atoms with Gasteiger partial charge < -0.3 is 5.11 Å². The molecule has 1 aromatic rings. The predicted molar refractivity (Wildman–Crippen MR) is 65.2 cm³/mol. The highest BCUT2D eigenvalue weighted by Crippen LogP contribution is 2.25. The standard InChI is InChI=1S/C12H13BrFNO2/c13-11-8(3-1-4-9(11)14)7-15-6-2-5-10(15)12(16)17/h1,3-4,10H,2,5-7H2,(H,16,17)/t10-/m1/s1. The molecule has 1 saturated heterocycles. The van der Waals surface area contributed by atoms with E-state index in [2.05, 4.69) is 15.9 Å². The van der Waals surface area contributed by atoms with Crippen molar-refractivity contribution in [2.75, 3.05) is 6.54 Å². The Bertz CT molecular complexity index is 439. The predicted octanol–water partition coefficient (Wildman–Crippen LogP) is 2.64. The van der Waals surface area contributed by atoms with Crippen molar-refractivity contribution in [3.8, 4) is 0 Å². The molecular weight excluding hydrogens is 289 g/mol. The fourth-order valence-electron chi connectivity index (χ4n) is 2.18. The summed E-state index contributed by atoms with van der Waals surface area (Å²) in [6.07, 6.45) is 1.55. The Kier molecular flexibility index (Phi) is 3.79. The second kappa shape index (κ2) is 5.14. The maximum atomic E-state index is 13.3. The van der Waals surface area contributed by atoms with Crippen LogP contribution in [0.2, 0.25) is 0 Å². The number of benzene rings is 1. The molecule has 1 aromatic carbocycles. The Labute approximate surface area is 107 Å². The van der Waals surface area contributed by atoms with Gasteiger partial charge in [0.05, 0.1) is 4.47 Å². The summed E-state index contributed by atoms with van der Waals surface area (Å²) >= 11 is 3.20. The molecule has 1 heterocycles. The van der Waals surface area contributed by atoms with E-state index in [0.717, 1.165) is 18.5 Å². The SMILES string of the molecule is O=C(O)[C@H]1CCCN1Cc1cccc(F)c1Br. The van der Waals surface area contributed by atoms with Gasteiger partial charge in [0.2, 0.25) is 0 Å². The molecule has 17 heavy (non-hydrogen) atoms. The van der Waals surface area contributed by atoms with E-state index in [1.165, 1.54) is 6.07 Å². The monoisotopic (exact) mass is 301 g/mol. The third-order valence-electron chi connectivity index (χ3n) is 3.05. The fourth-order valence-corrected chi connectivity index (χ4v) is 2.57. The van der Waals surface area contributed by atoms with Crippen LogP contribution in [-0.2, 0) is 11.3 Å². The van der Waals surface area contributed by atoms with Crippen molar-refractivity contribution in [1.29, 1.82) is 0 Å². The highest BCUT2D eigenvalue weighted by Gasteiger charge is 2.30. The molecule has 92 valence electrons. The highest BCUT2D eigenvalue weighted by molar-refractivity contribution is 9.10. The van der Waals surface area contributed by atoms with Gasteiger partial charge in [-0.2, -0.15) is 0 Å². The highest BCUT2D eigenvalue weighted by atomic mass is 79.9. The number of likely N-dealkylation sites (tertiary alicyclic amines) is 1. The maximum absolute atomic E-state index is 13.3. The molecular formula is C12H13BrFNO2. The lowest BCUT2D eigenvalue weighted by Crippen LogP contribution is -2.35. The van der Waals surface area contributed by atoms with Crippen molar-refractivity contribution in [1.82, 2.24) is 4.90 Å². The summed E-state index contributed by atoms with van der Waals surface area (Å²) in [7, 11) is 0. The van der Waals surface area contributed by atoms with Gasteiger partial charge in [0.25, 0.3) is 0 Å². The zero-order valence-corrected chi connectivity index (χ0v) is 10.8. The van der Waals surface area contributed by atoms with E-state index in [4.69, 9.17) is 5.11 Å². The van der Waals surface area contributed by atoms with Gasteiger partial charge >= 0.3 is 5.97 Å². The van der Waals surface area contributed by atoms with E-state index in [9.17, 15) is 9.18 Å². The summed E-state index contributed by atoms with van der Waals surface area (Å²) in [5, 5.41) is 9.06. The normalized spacial score (nSPS) is 20.7. The largest absolute Gasteiger partial charge is 0.480 e. The van der Waals surface area contributed by atoms with Crippen LogP contribution in [-0.4, -0.2) is 28.6 Å². The number of carbonyl (C=O) groups is 1. The quantitative estimate of drug-likeness (QED) is 0.933. The van der Waals surface area contributed by atoms with Crippen molar-refractivity contribution >= 4 is 21.9 Å². The van der Waals surface area contributed by atoms with Crippen LogP contribution in [0.3, 0.4) is 0 Å². The smallest absolute Gasteiger partial charge is 0.320 e. The molecule has 0 unspecified atom stereocenters. The van der Waals surface area contributed by atoms with E-state index in [1.807, 2.05) is 11.0 Å². The van der Waals surface area contributed by atoms with E-state index in [1.54, 1.807) is 6.07 Å². The molecule has 0 amide bonds. The number of hydrogen-bond donors (Lipinski definition) is 1. The molecule has 0 radical (unpaired) electrons. The number of carboxylic acids is 1. The van der Waals surface area contributed by atoms with E-state index < -0.39 is 12.0 Å². The molecule has 0 aliphatic carbocycles. The number of halogens is 2. The van der Waals surface area contributed by atoms with E-state index in [0.29, 0.717) is 17.4 Å². The van der Waals surface area contributed by atoms with Crippen molar-refractivity contribution in [3.63, 3.8) is 0 Å². The first-order valence-electron chi connectivity index (χ1n) is 5.49. The molecule has 1 aliphatic heterocycles. The zero-order valence-electron chi connectivity index (χ0n) is 9.20. The first kappa shape index (κ1) is 12.5. The minimum absolute atomic E-state index is 0.312. The molecule has 1 fully saturated rings. The van der Waals surface area contributed by atoms with Gasteiger partial charge in [0.1, 0.15) is 11.9 Å². The lowest BCUT2D eigenvalue weighted by atomic mass is 10.2. The van der Waals surface area contributed by atoms with Gasteiger partial charge in [0, 0.05) is 6.54 Å². The first-order chi connectivity index (χ1) is 8.09. The summed E-state index contributed by atoms with van der Waals surface area (Å²) < 4.78 is 13.8. The number of nitrogens with zero attached hydrogens (tertiary/aromatic N) is 1. The van der Waals surface area contributed by atoms with Gasteiger partial charge in [-0.25, -0.2) is 4.39 Å². The van der Waals surface area contributed by atoms with Gasteiger partial charge in [-0.05, 0) is 46.9 Å². The topological polar surface area (TPSA) is 40.5 Å². The van der Waals surface area contributed by atoms with Crippen molar-refractivity contribution in [3.05, 3.63) is 34.1 Å². The molecule has 0 spiro atoms. The van der Waals surface area contributed by atoms with Crippen molar-refractivity contribution in [2.45, 2.75) is 25.4 Å². The Morgan fingerprint density at radius 3 is 3.06 bits per heavy atom. The molecule has 0 saturated carbocycles. The lowest BCUT2D eigenvalue weighted by molar-refractivity contribution is -0.142. The van der Waals surface area contributed by atoms with E-state index in [-0.39, 0.29) is 5.82 Å². The van der Waals surface area contributed by atoms with Crippen LogP contribution in [0.5, 0.6) is 0 Å². The van der Waals surface area contributed by atoms with Gasteiger partial charge in [-0.1, -0.05) is 12.1 Å². The molecule has 1 N–H and O–H groups in total. The van der Waals surface area contributed by atoms with Crippen LogP contribution in [0.25, 0.3) is 0 Å². The van der Waals surface area contributed by atoms with E-state index >= 15 is 0 Å².